The van der Waals surface area contributed by atoms with E-state index in [1.54, 1.807) is 0 Å². The number of rotatable bonds is 4. The molecule has 9 heteroatoms. The standard InChI is InChI=1S/C9H6F3NO5/c10-9(11,12)6-3-5(13(16)17)1-2-7(6)18-4-8(14)15/h1-3H,4H2,(H,14,15). The van der Waals surface area contributed by atoms with Crippen molar-refractivity contribution in [2.75, 3.05) is 6.61 Å². The third-order valence-corrected chi connectivity index (χ3v) is 1.83. The molecule has 0 bridgehead atoms. The number of carbonyl (C=O) groups is 1. The van der Waals surface area contributed by atoms with Gasteiger partial charge in [-0.3, -0.25) is 10.1 Å². The topological polar surface area (TPSA) is 89.7 Å². The summed E-state index contributed by atoms with van der Waals surface area (Å²) in [5.74, 6) is -2.23. The number of carboxylic acids is 1. The van der Waals surface area contributed by atoms with Crippen LogP contribution in [0.1, 0.15) is 5.56 Å². The fourth-order valence-corrected chi connectivity index (χ4v) is 1.12. The lowest BCUT2D eigenvalue weighted by molar-refractivity contribution is -0.385. The van der Waals surface area contributed by atoms with E-state index in [1.807, 2.05) is 0 Å². The molecule has 0 aliphatic rings. The first-order valence-electron chi connectivity index (χ1n) is 4.42. The summed E-state index contributed by atoms with van der Waals surface area (Å²) in [5, 5.41) is 18.7. The number of halogens is 3. The zero-order chi connectivity index (χ0) is 13.9. The Morgan fingerprint density at radius 2 is 2.06 bits per heavy atom. The molecule has 18 heavy (non-hydrogen) atoms. The summed E-state index contributed by atoms with van der Waals surface area (Å²) in [5.41, 5.74) is -2.15. The van der Waals surface area contributed by atoms with Crippen LogP contribution in [-0.4, -0.2) is 22.6 Å². The van der Waals surface area contributed by atoms with Crippen LogP contribution in [0.25, 0.3) is 0 Å². The summed E-state index contributed by atoms with van der Waals surface area (Å²) in [7, 11) is 0. The quantitative estimate of drug-likeness (QED) is 0.664. The smallest absolute Gasteiger partial charge is 0.420 e. The molecule has 0 aromatic heterocycles. The predicted octanol–water partition coefficient (Wildman–Crippen LogP) is 2.08. The molecule has 0 heterocycles. The monoisotopic (exact) mass is 265 g/mol. The van der Waals surface area contributed by atoms with Gasteiger partial charge in [0.25, 0.3) is 5.69 Å². The first kappa shape index (κ1) is 13.7. The Bertz CT molecular complexity index is 486. The second kappa shape index (κ2) is 4.90. The molecule has 1 aromatic rings. The molecular weight excluding hydrogens is 259 g/mol. The Kier molecular flexibility index (Phi) is 3.74. The van der Waals surface area contributed by atoms with Crippen LogP contribution in [-0.2, 0) is 11.0 Å². The van der Waals surface area contributed by atoms with Gasteiger partial charge in [-0.1, -0.05) is 0 Å². The zero-order valence-electron chi connectivity index (χ0n) is 8.60. The Balaban J connectivity index is 3.17. The van der Waals surface area contributed by atoms with Gasteiger partial charge in [-0.25, -0.2) is 4.79 Å². The molecule has 6 nitrogen and oxygen atoms in total. The van der Waals surface area contributed by atoms with Gasteiger partial charge in [0.15, 0.2) is 6.61 Å². The minimum absolute atomic E-state index is 0.289. The molecule has 0 unspecified atom stereocenters. The van der Waals surface area contributed by atoms with Crippen molar-refractivity contribution >= 4 is 11.7 Å². The number of nitro benzene ring substituents is 1. The number of nitro groups is 1. The third kappa shape index (κ3) is 3.34. The average Bonchev–Trinajstić information content (AvgIpc) is 2.24. The molecule has 0 aliphatic heterocycles. The average molecular weight is 265 g/mol. The van der Waals surface area contributed by atoms with Gasteiger partial charge in [-0.15, -0.1) is 0 Å². The van der Waals surface area contributed by atoms with Gasteiger partial charge in [-0.2, -0.15) is 13.2 Å². The number of carboxylic acid groups (broad SMARTS) is 1. The summed E-state index contributed by atoms with van der Waals surface area (Å²) < 4.78 is 42.1. The molecule has 0 atom stereocenters. The lowest BCUT2D eigenvalue weighted by Crippen LogP contribution is -2.14. The predicted molar refractivity (Wildman–Crippen MR) is 51.2 cm³/mol. The fourth-order valence-electron chi connectivity index (χ4n) is 1.12. The first-order valence-corrected chi connectivity index (χ1v) is 4.42. The number of hydrogen-bond donors (Lipinski definition) is 1. The summed E-state index contributed by atoms with van der Waals surface area (Å²) in [4.78, 5) is 19.6. The highest BCUT2D eigenvalue weighted by Gasteiger charge is 2.36. The van der Waals surface area contributed by atoms with Gasteiger partial charge in [0, 0.05) is 12.1 Å². The summed E-state index contributed by atoms with van der Waals surface area (Å²) in [6.07, 6.45) is -4.88. The molecule has 98 valence electrons. The van der Waals surface area contributed by atoms with Crippen LogP contribution in [0.5, 0.6) is 5.75 Å². The van der Waals surface area contributed by atoms with Crippen LogP contribution in [0.15, 0.2) is 18.2 Å². The molecule has 0 saturated carbocycles. The van der Waals surface area contributed by atoms with Crippen molar-refractivity contribution in [3.05, 3.63) is 33.9 Å². The van der Waals surface area contributed by atoms with E-state index < -0.39 is 40.7 Å². The summed E-state index contributed by atoms with van der Waals surface area (Å²) >= 11 is 0. The van der Waals surface area contributed by atoms with E-state index in [4.69, 9.17) is 5.11 Å². The van der Waals surface area contributed by atoms with Crippen LogP contribution in [0.4, 0.5) is 18.9 Å². The number of hydrogen-bond acceptors (Lipinski definition) is 4. The number of alkyl halides is 3. The molecule has 1 rings (SSSR count). The Hall–Kier alpha value is -2.32. The number of nitrogens with zero attached hydrogens (tertiary/aromatic N) is 1. The summed E-state index contributed by atoms with van der Waals surface area (Å²) in [6.45, 7) is -0.971. The Morgan fingerprint density at radius 1 is 1.44 bits per heavy atom. The van der Waals surface area contributed by atoms with E-state index in [0.29, 0.717) is 6.07 Å². The third-order valence-electron chi connectivity index (χ3n) is 1.83. The second-order valence-electron chi connectivity index (χ2n) is 3.12. The molecule has 0 saturated heterocycles. The van der Waals surface area contributed by atoms with Gasteiger partial charge < -0.3 is 9.84 Å². The molecule has 0 radical (unpaired) electrons. The minimum atomic E-state index is -4.88. The summed E-state index contributed by atoms with van der Waals surface area (Å²) in [6, 6.07) is 1.80. The van der Waals surface area contributed by atoms with Crippen molar-refractivity contribution < 1.29 is 32.7 Å². The maximum absolute atomic E-state index is 12.6. The highest BCUT2D eigenvalue weighted by atomic mass is 19.4. The first-order chi connectivity index (χ1) is 8.21. The van der Waals surface area contributed by atoms with Gasteiger partial charge in [0.05, 0.1) is 4.92 Å². The lowest BCUT2D eigenvalue weighted by atomic mass is 10.1. The largest absolute Gasteiger partial charge is 0.481 e. The lowest BCUT2D eigenvalue weighted by Gasteiger charge is -2.12. The molecule has 0 fully saturated rings. The maximum Gasteiger partial charge on any atom is 0.420 e. The minimum Gasteiger partial charge on any atom is -0.481 e. The van der Waals surface area contributed by atoms with Gasteiger partial charge in [0.1, 0.15) is 11.3 Å². The maximum atomic E-state index is 12.6. The van der Waals surface area contributed by atoms with Crippen LogP contribution < -0.4 is 4.74 Å². The molecule has 0 aliphatic carbocycles. The molecule has 1 N–H and O–H groups in total. The number of benzene rings is 1. The highest BCUT2D eigenvalue weighted by molar-refractivity contribution is 5.68. The van der Waals surface area contributed by atoms with Gasteiger partial charge in [0.2, 0.25) is 0 Å². The van der Waals surface area contributed by atoms with Gasteiger partial charge in [-0.05, 0) is 6.07 Å². The van der Waals surface area contributed by atoms with Crippen LogP contribution in [0.2, 0.25) is 0 Å². The van der Waals surface area contributed by atoms with Crippen molar-refractivity contribution in [2.45, 2.75) is 6.18 Å². The Morgan fingerprint density at radius 3 is 2.50 bits per heavy atom. The molecule has 0 amide bonds. The Labute approximate surface area is 97.7 Å². The molecular formula is C9H6F3NO5. The van der Waals surface area contributed by atoms with Gasteiger partial charge >= 0.3 is 12.1 Å². The van der Waals surface area contributed by atoms with Crippen molar-refractivity contribution in [3.8, 4) is 5.75 Å². The zero-order valence-corrected chi connectivity index (χ0v) is 8.60. The number of non-ortho nitro benzene ring substituents is 1. The second-order valence-corrected chi connectivity index (χ2v) is 3.12. The van der Waals surface area contributed by atoms with E-state index in [0.717, 1.165) is 6.07 Å². The van der Waals surface area contributed by atoms with Crippen LogP contribution >= 0.6 is 0 Å². The van der Waals surface area contributed by atoms with Crippen molar-refractivity contribution in [1.29, 1.82) is 0 Å². The van der Waals surface area contributed by atoms with Crippen LogP contribution in [0.3, 0.4) is 0 Å². The van der Waals surface area contributed by atoms with E-state index in [2.05, 4.69) is 4.74 Å². The number of aliphatic carboxylic acids is 1. The normalized spacial score (nSPS) is 11.1. The molecule has 0 spiro atoms. The van der Waals surface area contributed by atoms with E-state index >= 15 is 0 Å². The SMILES string of the molecule is O=C(O)COc1ccc([N+](=O)[O-])cc1C(F)(F)F. The fraction of sp³-hybridized carbons (Fsp3) is 0.222. The number of ether oxygens (including phenoxy) is 1. The van der Waals surface area contributed by atoms with E-state index in [-0.39, 0.29) is 6.07 Å². The van der Waals surface area contributed by atoms with E-state index in [1.165, 1.54) is 0 Å². The van der Waals surface area contributed by atoms with Crippen molar-refractivity contribution in [2.24, 2.45) is 0 Å². The van der Waals surface area contributed by atoms with Crippen molar-refractivity contribution in [3.63, 3.8) is 0 Å². The molecule has 1 aromatic carbocycles. The van der Waals surface area contributed by atoms with Crippen molar-refractivity contribution in [1.82, 2.24) is 0 Å². The van der Waals surface area contributed by atoms with Crippen LogP contribution in [0, 0.1) is 10.1 Å². The highest BCUT2D eigenvalue weighted by Crippen LogP contribution is 2.38. The van der Waals surface area contributed by atoms with E-state index in [9.17, 15) is 28.1 Å².